The van der Waals surface area contributed by atoms with Crippen LogP contribution in [0.1, 0.15) is 12.8 Å². The Morgan fingerprint density at radius 1 is 1.11 bits per heavy atom. The average molecular weight is 380 g/mol. The van der Waals surface area contributed by atoms with Gasteiger partial charge in [0, 0.05) is 35.5 Å². The van der Waals surface area contributed by atoms with E-state index >= 15 is 0 Å². The minimum Gasteiger partial charge on any atom is -0.497 e. The van der Waals surface area contributed by atoms with Crippen molar-refractivity contribution < 1.29 is 9.13 Å². The van der Waals surface area contributed by atoms with Gasteiger partial charge in [0.1, 0.15) is 18.1 Å². The van der Waals surface area contributed by atoms with Crippen molar-refractivity contribution in [2.75, 3.05) is 38.7 Å². The van der Waals surface area contributed by atoms with Gasteiger partial charge in [0.2, 0.25) is 0 Å². The van der Waals surface area contributed by atoms with Crippen LogP contribution in [0.5, 0.6) is 5.75 Å². The zero-order valence-corrected chi connectivity index (χ0v) is 16.1. The lowest BCUT2D eigenvalue weighted by Gasteiger charge is -2.32. The molecule has 0 bridgehead atoms. The normalized spacial score (nSPS) is 17.6. The molecule has 1 fully saturated rings. The molecule has 1 aliphatic heterocycles. The van der Waals surface area contributed by atoms with E-state index in [0.29, 0.717) is 6.54 Å². The first-order chi connectivity index (χ1) is 13.8. The van der Waals surface area contributed by atoms with Crippen LogP contribution in [-0.4, -0.2) is 54.6 Å². The van der Waals surface area contributed by atoms with Gasteiger partial charge in [0.25, 0.3) is 0 Å². The van der Waals surface area contributed by atoms with Crippen molar-refractivity contribution in [1.29, 1.82) is 0 Å². The highest BCUT2D eigenvalue weighted by Crippen LogP contribution is 2.31. The molecule has 28 heavy (non-hydrogen) atoms. The molecule has 146 valence electrons. The molecule has 6 heteroatoms. The summed E-state index contributed by atoms with van der Waals surface area (Å²) in [7, 11) is 1.66. The Kier molecular flexibility index (Phi) is 5.67. The molecule has 1 aromatic heterocycles. The molecule has 0 radical (unpaired) electrons. The molecule has 1 saturated heterocycles. The number of benzene rings is 2. The number of hydrogen-bond acceptors (Lipinski definition) is 5. The van der Waals surface area contributed by atoms with Crippen molar-refractivity contribution in [3.05, 3.63) is 48.5 Å². The fourth-order valence-corrected chi connectivity index (χ4v) is 3.86. The smallest absolute Gasteiger partial charge is 0.156 e. The van der Waals surface area contributed by atoms with Crippen LogP contribution in [0, 0.1) is 0 Å². The molecular formula is C22H25FN4O. The number of piperidine rings is 1. The Morgan fingerprint density at radius 3 is 2.64 bits per heavy atom. The van der Waals surface area contributed by atoms with Crippen molar-refractivity contribution >= 4 is 16.6 Å². The maximum atomic E-state index is 12.7. The summed E-state index contributed by atoms with van der Waals surface area (Å²) in [4.78, 5) is 2.17. The quantitative estimate of drug-likeness (QED) is 0.696. The second-order valence-corrected chi connectivity index (χ2v) is 7.14. The first kappa shape index (κ1) is 18.6. The molecule has 0 amide bonds. The third-order valence-electron chi connectivity index (χ3n) is 5.30. The monoisotopic (exact) mass is 380 g/mol. The maximum Gasteiger partial charge on any atom is 0.156 e. The van der Waals surface area contributed by atoms with E-state index < -0.39 is 0 Å². The Labute approximate surface area is 164 Å². The third kappa shape index (κ3) is 3.92. The fourth-order valence-electron chi connectivity index (χ4n) is 3.86. The predicted molar refractivity (Wildman–Crippen MR) is 111 cm³/mol. The fraction of sp³-hybridized carbons (Fsp3) is 0.364. The topological polar surface area (TPSA) is 50.3 Å². The van der Waals surface area contributed by atoms with E-state index in [4.69, 9.17) is 4.74 Å². The number of nitrogens with zero attached hydrogens (tertiary/aromatic N) is 3. The lowest BCUT2D eigenvalue weighted by atomic mass is 10.0. The van der Waals surface area contributed by atoms with Crippen molar-refractivity contribution in [3.8, 4) is 17.0 Å². The summed E-state index contributed by atoms with van der Waals surface area (Å²) in [5, 5.41) is 14.7. The van der Waals surface area contributed by atoms with Crippen LogP contribution < -0.4 is 10.1 Å². The second kappa shape index (κ2) is 8.52. The van der Waals surface area contributed by atoms with Crippen molar-refractivity contribution in [2.24, 2.45) is 0 Å². The van der Waals surface area contributed by atoms with Gasteiger partial charge in [-0.3, -0.25) is 4.90 Å². The van der Waals surface area contributed by atoms with E-state index in [-0.39, 0.29) is 12.7 Å². The van der Waals surface area contributed by atoms with Gasteiger partial charge >= 0.3 is 0 Å². The van der Waals surface area contributed by atoms with E-state index in [1.807, 2.05) is 36.4 Å². The molecule has 1 atom stereocenters. The van der Waals surface area contributed by atoms with E-state index in [9.17, 15) is 4.39 Å². The SMILES string of the molecule is COc1ccc(-c2nnc(NC3CCCN(CCF)C3)c3ccccc23)cc1. The van der Waals surface area contributed by atoms with Gasteiger partial charge in [0.15, 0.2) is 5.82 Å². The summed E-state index contributed by atoms with van der Waals surface area (Å²) < 4.78 is 17.9. The number of halogens is 1. The van der Waals surface area contributed by atoms with E-state index in [0.717, 1.165) is 59.5 Å². The highest BCUT2D eigenvalue weighted by atomic mass is 19.1. The van der Waals surface area contributed by atoms with Crippen LogP contribution >= 0.6 is 0 Å². The summed E-state index contributed by atoms with van der Waals surface area (Å²) in [6.07, 6.45) is 2.12. The summed E-state index contributed by atoms with van der Waals surface area (Å²) in [6.45, 7) is 2.00. The van der Waals surface area contributed by atoms with Crippen molar-refractivity contribution in [3.63, 3.8) is 0 Å². The van der Waals surface area contributed by atoms with Gasteiger partial charge in [-0.15, -0.1) is 10.2 Å². The number of anilines is 1. The Hall–Kier alpha value is -2.73. The molecule has 4 rings (SSSR count). The highest BCUT2D eigenvalue weighted by Gasteiger charge is 2.21. The molecule has 0 saturated carbocycles. The second-order valence-electron chi connectivity index (χ2n) is 7.14. The molecule has 0 aliphatic carbocycles. The zero-order chi connectivity index (χ0) is 19.3. The number of nitrogens with one attached hydrogen (secondary N) is 1. The molecule has 5 nitrogen and oxygen atoms in total. The molecule has 1 N–H and O–H groups in total. The average Bonchev–Trinajstić information content (AvgIpc) is 2.75. The van der Waals surface area contributed by atoms with Crippen LogP contribution in [0.15, 0.2) is 48.5 Å². The van der Waals surface area contributed by atoms with Crippen LogP contribution in [0.4, 0.5) is 10.2 Å². The van der Waals surface area contributed by atoms with Gasteiger partial charge in [0.05, 0.1) is 7.11 Å². The number of fused-ring (bicyclic) bond motifs is 1. The minimum atomic E-state index is -0.300. The van der Waals surface area contributed by atoms with E-state index in [1.165, 1.54) is 0 Å². The van der Waals surface area contributed by atoms with Crippen LogP contribution in [0.3, 0.4) is 0 Å². The Morgan fingerprint density at radius 2 is 1.89 bits per heavy atom. The number of alkyl halides is 1. The lowest BCUT2D eigenvalue weighted by molar-refractivity contribution is 0.200. The lowest BCUT2D eigenvalue weighted by Crippen LogP contribution is -2.43. The van der Waals surface area contributed by atoms with Crippen LogP contribution in [0.25, 0.3) is 22.0 Å². The number of aromatic nitrogens is 2. The number of likely N-dealkylation sites (tertiary alicyclic amines) is 1. The van der Waals surface area contributed by atoms with E-state index in [2.05, 4.69) is 32.5 Å². The third-order valence-corrected chi connectivity index (χ3v) is 5.30. The summed E-state index contributed by atoms with van der Waals surface area (Å²) in [5.41, 5.74) is 1.86. The van der Waals surface area contributed by atoms with Gasteiger partial charge in [-0.1, -0.05) is 24.3 Å². The summed E-state index contributed by atoms with van der Waals surface area (Å²) in [5.74, 6) is 1.61. The Balaban J connectivity index is 1.64. The standard InChI is InChI=1S/C22H25FN4O/c1-28-18-10-8-16(9-11-18)21-19-6-2-3-7-20(19)22(26-25-21)24-17-5-4-13-27(15-17)14-12-23/h2-3,6-11,17H,4-5,12-15H2,1H3,(H,24,26). The van der Waals surface area contributed by atoms with Gasteiger partial charge in [-0.25, -0.2) is 4.39 Å². The van der Waals surface area contributed by atoms with Gasteiger partial charge in [-0.2, -0.15) is 0 Å². The molecule has 1 unspecified atom stereocenters. The summed E-state index contributed by atoms with van der Waals surface area (Å²) >= 11 is 0. The maximum absolute atomic E-state index is 12.7. The van der Waals surface area contributed by atoms with Crippen LogP contribution in [-0.2, 0) is 0 Å². The first-order valence-corrected chi connectivity index (χ1v) is 9.73. The Bertz CT molecular complexity index is 929. The predicted octanol–water partition coefficient (Wildman–Crippen LogP) is 4.15. The summed E-state index contributed by atoms with van der Waals surface area (Å²) in [6, 6.07) is 16.3. The molecule has 3 aromatic rings. The molecular weight excluding hydrogens is 355 g/mol. The molecule has 1 aliphatic rings. The van der Waals surface area contributed by atoms with Crippen molar-refractivity contribution in [2.45, 2.75) is 18.9 Å². The molecule has 2 aromatic carbocycles. The molecule has 2 heterocycles. The minimum absolute atomic E-state index is 0.254. The first-order valence-electron chi connectivity index (χ1n) is 9.73. The molecule has 0 spiro atoms. The van der Waals surface area contributed by atoms with Crippen LogP contribution in [0.2, 0.25) is 0 Å². The van der Waals surface area contributed by atoms with Crippen molar-refractivity contribution in [1.82, 2.24) is 15.1 Å². The highest BCUT2D eigenvalue weighted by molar-refractivity contribution is 6.00. The number of ether oxygens (including phenoxy) is 1. The van der Waals surface area contributed by atoms with E-state index in [1.54, 1.807) is 7.11 Å². The zero-order valence-electron chi connectivity index (χ0n) is 16.1. The number of methoxy groups -OCH3 is 1. The van der Waals surface area contributed by atoms with Gasteiger partial charge < -0.3 is 10.1 Å². The largest absolute Gasteiger partial charge is 0.497 e. The number of rotatable bonds is 6. The number of hydrogen-bond donors (Lipinski definition) is 1. The van der Waals surface area contributed by atoms with Gasteiger partial charge in [-0.05, 0) is 43.7 Å².